The Hall–Kier alpha value is -2.36. The number of benzene rings is 2. The molecule has 0 radical (unpaired) electrons. The highest BCUT2D eigenvalue weighted by atomic mass is 19.2. The maximum Gasteiger partial charge on any atom is 0.384 e. The maximum absolute atomic E-state index is 14.2. The second-order valence-electron chi connectivity index (χ2n) is 4.39. The summed E-state index contributed by atoms with van der Waals surface area (Å²) in [6.45, 7) is 1.05. The lowest BCUT2D eigenvalue weighted by atomic mass is 10.2. The number of carbonyl (C=O) groups excluding carboxylic acids is 1. The van der Waals surface area contributed by atoms with Crippen LogP contribution in [0.2, 0.25) is 0 Å². The molecule has 0 aliphatic carbocycles. The molecule has 2 rings (SSSR count). The molecule has 0 heterocycles. The third-order valence-electron chi connectivity index (χ3n) is 2.63. The normalized spacial score (nSPS) is 13.3. The van der Waals surface area contributed by atoms with Crippen molar-refractivity contribution in [3.8, 4) is 5.75 Å². The third kappa shape index (κ3) is 3.82. The fourth-order valence-electron chi connectivity index (χ4n) is 1.60. The van der Waals surface area contributed by atoms with Crippen molar-refractivity contribution in [2.75, 3.05) is 0 Å². The molecule has 0 N–H and O–H groups in total. The molecule has 0 fully saturated rings. The van der Waals surface area contributed by atoms with Crippen LogP contribution in [0.25, 0.3) is 0 Å². The zero-order chi connectivity index (χ0) is 14.4. The fraction of sp³-hybridized carbons (Fsp3) is 0.188. The molecule has 2 aromatic rings. The van der Waals surface area contributed by atoms with Gasteiger partial charge in [0.05, 0.1) is 0 Å². The summed E-state index contributed by atoms with van der Waals surface area (Å²) in [6.07, 6.45) is 0. The van der Waals surface area contributed by atoms with E-state index in [0.29, 0.717) is 0 Å². The molecule has 2 aromatic carbocycles. The Morgan fingerprint density at radius 3 is 2.20 bits per heavy atom. The lowest BCUT2D eigenvalue weighted by Gasteiger charge is -2.20. The maximum atomic E-state index is 14.2. The van der Waals surface area contributed by atoms with Crippen molar-refractivity contribution in [2.45, 2.75) is 19.4 Å². The van der Waals surface area contributed by atoms with E-state index in [-0.39, 0.29) is 12.4 Å². The lowest BCUT2D eigenvalue weighted by Crippen LogP contribution is -2.38. The van der Waals surface area contributed by atoms with Crippen molar-refractivity contribution >= 4 is 5.97 Å². The van der Waals surface area contributed by atoms with E-state index >= 15 is 0 Å². The molecule has 20 heavy (non-hydrogen) atoms. The molecule has 1 unspecified atom stereocenters. The van der Waals surface area contributed by atoms with E-state index in [1.54, 1.807) is 42.5 Å². The summed E-state index contributed by atoms with van der Waals surface area (Å²) < 4.78 is 24.1. The van der Waals surface area contributed by atoms with Crippen LogP contribution >= 0.6 is 0 Å². The van der Waals surface area contributed by atoms with E-state index in [2.05, 4.69) is 0 Å². The molecule has 1 atom stereocenters. The van der Waals surface area contributed by atoms with Crippen LogP contribution in [-0.2, 0) is 16.1 Å². The second kappa shape index (κ2) is 6.19. The standard InChI is InChI=1S/C16H15FO3/c1-16(17,20-14-10-6-3-7-11-14)15(18)19-12-13-8-4-2-5-9-13/h2-11H,12H2,1H3. The summed E-state index contributed by atoms with van der Waals surface area (Å²) in [7, 11) is 0. The smallest absolute Gasteiger partial charge is 0.384 e. The van der Waals surface area contributed by atoms with Gasteiger partial charge in [0.15, 0.2) is 0 Å². The number of ether oxygens (including phenoxy) is 2. The molecule has 0 saturated heterocycles. The summed E-state index contributed by atoms with van der Waals surface area (Å²) in [5.74, 6) is -3.30. The first-order valence-corrected chi connectivity index (χ1v) is 6.22. The molecular weight excluding hydrogens is 259 g/mol. The van der Waals surface area contributed by atoms with E-state index < -0.39 is 11.8 Å². The summed E-state index contributed by atoms with van der Waals surface area (Å²) >= 11 is 0. The minimum absolute atomic E-state index is 0.0112. The van der Waals surface area contributed by atoms with Gasteiger partial charge in [-0.15, -0.1) is 0 Å². The average molecular weight is 274 g/mol. The first-order valence-electron chi connectivity index (χ1n) is 6.22. The molecule has 0 spiro atoms. The minimum Gasteiger partial charge on any atom is -0.456 e. The molecule has 0 aliphatic heterocycles. The van der Waals surface area contributed by atoms with Gasteiger partial charge in [-0.2, -0.15) is 4.39 Å². The van der Waals surface area contributed by atoms with Gasteiger partial charge in [0.25, 0.3) is 0 Å². The number of alkyl halides is 1. The van der Waals surface area contributed by atoms with Crippen LogP contribution in [0.4, 0.5) is 4.39 Å². The number of rotatable bonds is 5. The Bertz CT molecular complexity index is 552. The highest BCUT2D eigenvalue weighted by molar-refractivity contribution is 5.77. The predicted molar refractivity (Wildman–Crippen MR) is 72.8 cm³/mol. The highest BCUT2D eigenvalue weighted by Crippen LogP contribution is 2.21. The Kier molecular flexibility index (Phi) is 4.35. The highest BCUT2D eigenvalue weighted by Gasteiger charge is 2.37. The monoisotopic (exact) mass is 274 g/mol. The van der Waals surface area contributed by atoms with Gasteiger partial charge in [0.2, 0.25) is 0 Å². The van der Waals surface area contributed by atoms with E-state index in [1.807, 2.05) is 18.2 Å². The van der Waals surface area contributed by atoms with Crippen LogP contribution in [-0.4, -0.2) is 11.8 Å². The van der Waals surface area contributed by atoms with Crippen LogP contribution in [0, 0.1) is 0 Å². The Balaban J connectivity index is 1.93. The number of carbonyl (C=O) groups is 1. The van der Waals surface area contributed by atoms with E-state index in [1.165, 1.54) is 0 Å². The Morgan fingerprint density at radius 1 is 1.05 bits per heavy atom. The first kappa shape index (κ1) is 14.1. The summed E-state index contributed by atoms with van der Waals surface area (Å²) in [6, 6.07) is 17.4. The summed E-state index contributed by atoms with van der Waals surface area (Å²) in [4.78, 5) is 11.7. The fourth-order valence-corrected chi connectivity index (χ4v) is 1.60. The largest absolute Gasteiger partial charge is 0.456 e. The van der Waals surface area contributed by atoms with Crippen molar-refractivity contribution in [3.63, 3.8) is 0 Å². The average Bonchev–Trinajstić information content (AvgIpc) is 2.46. The van der Waals surface area contributed by atoms with Crippen molar-refractivity contribution in [2.24, 2.45) is 0 Å². The molecule has 3 nitrogen and oxygen atoms in total. The number of halogens is 1. The number of hydrogen-bond donors (Lipinski definition) is 0. The lowest BCUT2D eigenvalue weighted by molar-refractivity contribution is -0.178. The van der Waals surface area contributed by atoms with E-state index in [0.717, 1.165) is 12.5 Å². The topological polar surface area (TPSA) is 35.5 Å². The van der Waals surface area contributed by atoms with Crippen molar-refractivity contribution < 1.29 is 18.7 Å². The third-order valence-corrected chi connectivity index (χ3v) is 2.63. The van der Waals surface area contributed by atoms with Crippen LogP contribution in [0.5, 0.6) is 5.75 Å². The summed E-state index contributed by atoms with van der Waals surface area (Å²) in [5, 5.41) is 0. The van der Waals surface area contributed by atoms with Gasteiger partial charge in [0.1, 0.15) is 12.4 Å². The van der Waals surface area contributed by atoms with Gasteiger partial charge in [-0.1, -0.05) is 48.5 Å². The Labute approximate surface area is 117 Å². The van der Waals surface area contributed by atoms with E-state index in [9.17, 15) is 9.18 Å². The molecular formula is C16H15FO3. The summed E-state index contributed by atoms with van der Waals surface area (Å²) in [5.41, 5.74) is 0.788. The van der Waals surface area contributed by atoms with Gasteiger partial charge in [-0.25, -0.2) is 4.79 Å². The number of esters is 1. The van der Waals surface area contributed by atoms with Crippen molar-refractivity contribution in [1.82, 2.24) is 0 Å². The Morgan fingerprint density at radius 2 is 1.60 bits per heavy atom. The first-order chi connectivity index (χ1) is 9.58. The predicted octanol–water partition coefficient (Wildman–Crippen LogP) is 3.49. The zero-order valence-electron chi connectivity index (χ0n) is 11.1. The quantitative estimate of drug-likeness (QED) is 0.783. The second-order valence-corrected chi connectivity index (χ2v) is 4.39. The minimum atomic E-state index is -2.52. The van der Waals surface area contributed by atoms with Crippen LogP contribution in [0.15, 0.2) is 60.7 Å². The molecule has 0 saturated carbocycles. The number of para-hydroxylation sites is 1. The molecule has 0 aliphatic rings. The molecule has 0 aromatic heterocycles. The van der Waals surface area contributed by atoms with Crippen LogP contribution < -0.4 is 4.74 Å². The SMILES string of the molecule is CC(F)(Oc1ccccc1)C(=O)OCc1ccccc1. The van der Waals surface area contributed by atoms with Gasteiger partial charge < -0.3 is 9.47 Å². The van der Waals surface area contributed by atoms with Crippen LogP contribution in [0.1, 0.15) is 12.5 Å². The van der Waals surface area contributed by atoms with Crippen molar-refractivity contribution in [1.29, 1.82) is 0 Å². The van der Waals surface area contributed by atoms with Crippen LogP contribution in [0.3, 0.4) is 0 Å². The van der Waals surface area contributed by atoms with Gasteiger partial charge >= 0.3 is 11.8 Å². The molecule has 104 valence electrons. The van der Waals surface area contributed by atoms with E-state index in [4.69, 9.17) is 9.47 Å². The molecule has 0 amide bonds. The van der Waals surface area contributed by atoms with Gasteiger partial charge in [-0.05, 0) is 17.7 Å². The molecule has 4 heteroatoms. The zero-order valence-corrected chi connectivity index (χ0v) is 11.1. The number of hydrogen-bond acceptors (Lipinski definition) is 3. The molecule has 0 bridgehead atoms. The van der Waals surface area contributed by atoms with Crippen molar-refractivity contribution in [3.05, 3.63) is 66.2 Å². The van der Waals surface area contributed by atoms with Gasteiger partial charge in [-0.3, -0.25) is 0 Å². The van der Waals surface area contributed by atoms with Gasteiger partial charge in [0, 0.05) is 6.92 Å².